The van der Waals surface area contributed by atoms with E-state index in [4.69, 9.17) is 23.7 Å². The van der Waals surface area contributed by atoms with E-state index in [9.17, 15) is 4.79 Å². The van der Waals surface area contributed by atoms with Crippen LogP contribution < -0.4 is 0 Å². The Hall–Kier alpha value is -0.340. The maximum Gasteiger partial charge on any atom is 0.321 e. The van der Waals surface area contributed by atoms with Crippen molar-refractivity contribution in [2.24, 2.45) is 0 Å². The van der Waals surface area contributed by atoms with Crippen LogP contribution in [0.3, 0.4) is 0 Å². The molecule has 3 saturated heterocycles. The molecule has 120 valence electrons. The van der Waals surface area contributed by atoms with Gasteiger partial charge in [-0.1, -0.05) is 0 Å². The zero-order chi connectivity index (χ0) is 15.4. The fourth-order valence-corrected chi connectivity index (χ4v) is 4.47. The Bertz CT molecular complexity index is 437. The van der Waals surface area contributed by atoms with E-state index in [1.54, 1.807) is 0 Å². The minimum Gasteiger partial charge on any atom is -0.468 e. The summed E-state index contributed by atoms with van der Waals surface area (Å²) in [5.74, 6) is -1.04. The number of fused-ring (bicyclic) bond motifs is 3. The van der Waals surface area contributed by atoms with Crippen molar-refractivity contribution in [1.82, 2.24) is 0 Å². The Balaban J connectivity index is 1.90. The normalized spacial score (nSPS) is 43.8. The van der Waals surface area contributed by atoms with Gasteiger partial charge in [0.05, 0.1) is 13.2 Å². The molecule has 3 heterocycles. The predicted octanol–water partition coefficient (Wildman–Crippen LogP) is 1.31. The van der Waals surface area contributed by atoms with Crippen molar-refractivity contribution in [1.29, 1.82) is 0 Å². The molecule has 0 unspecified atom stereocenters. The highest BCUT2D eigenvalue weighted by Crippen LogP contribution is 2.45. The number of carbonyl (C=O) groups is 1. The van der Waals surface area contributed by atoms with E-state index in [0.29, 0.717) is 5.75 Å². The molecule has 0 amide bonds. The summed E-state index contributed by atoms with van der Waals surface area (Å²) in [7, 11) is 1.39. The van der Waals surface area contributed by atoms with Gasteiger partial charge in [-0.2, -0.15) is 0 Å². The topological polar surface area (TPSA) is 63.2 Å². The van der Waals surface area contributed by atoms with Gasteiger partial charge >= 0.3 is 5.97 Å². The summed E-state index contributed by atoms with van der Waals surface area (Å²) in [6, 6.07) is 0. The zero-order valence-electron chi connectivity index (χ0n) is 13.0. The molecule has 0 N–H and O–H groups in total. The van der Waals surface area contributed by atoms with Gasteiger partial charge in [0.1, 0.15) is 23.6 Å². The van der Waals surface area contributed by atoms with Crippen LogP contribution in [0.25, 0.3) is 0 Å². The van der Waals surface area contributed by atoms with Crippen LogP contribution in [0.4, 0.5) is 0 Å². The van der Waals surface area contributed by atoms with Gasteiger partial charge in [-0.15, -0.1) is 11.8 Å². The van der Waals surface area contributed by atoms with Crippen LogP contribution in [-0.2, 0) is 28.5 Å². The van der Waals surface area contributed by atoms with Crippen LogP contribution in [0.2, 0.25) is 0 Å². The summed E-state index contributed by atoms with van der Waals surface area (Å²) in [6.45, 7) is 7.47. The van der Waals surface area contributed by atoms with E-state index in [0.717, 1.165) is 0 Å². The molecular formula is C14H22O6S. The molecule has 0 saturated carbocycles. The van der Waals surface area contributed by atoms with Crippen LogP contribution in [0.5, 0.6) is 0 Å². The molecule has 0 aliphatic carbocycles. The van der Waals surface area contributed by atoms with Crippen molar-refractivity contribution >= 4 is 17.7 Å². The fraction of sp³-hybridized carbons (Fsp3) is 0.929. The van der Waals surface area contributed by atoms with Gasteiger partial charge in [0.15, 0.2) is 11.6 Å². The van der Waals surface area contributed by atoms with E-state index in [2.05, 4.69) is 0 Å². The monoisotopic (exact) mass is 318 g/mol. The van der Waals surface area contributed by atoms with Crippen molar-refractivity contribution < 1.29 is 28.5 Å². The van der Waals surface area contributed by atoms with Crippen molar-refractivity contribution in [2.45, 2.75) is 68.9 Å². The van der Waals surface area contributed by atoms with Gasteiger partial charge in [0.2, 0.25) is 0 Å². The third kappa shape index (κ3) is 2.82. The molecule has 7 heteroatoms. The Morgan fingerprint density at radius 2 is 1.57 bits per heavy atom. The minimum absolute atomic E-state index is 0.121. The van der Waals surface area contributed by atoms with Crippen molar-refractivity contribution in [2.75, 3.05) is 12.9 Å². The van der Waals surface area contributed by atoms with Gasteiger partial charge < -0.3 is 23.7 Å². The number of esters is 1. The second-order valence-electron chi connectivity index (χ2n) is 6.48. The summed E-state index contributed by atoms with van der Waals surface area (Å²) < 4.78 is 28.8. The number of rotatable bonds is 1. The first kappa shape index (κ1) is 15.6. The van der Waals surface area contributed by atoms with Crippen molar-refractivity contribution in [3.05, 3.63) is 0 Å². The first-order valence-electron chi connectivity index (χ1n) is 7.13. The number of thioether (sulfide) groups is 1. The quantitative estimate of drug-likeness (QED) is 0.676. The minimum atomic E-state index is -0.750. The van der Waals surface area contributed by atoms with Crippen molar-refractivity contribution in [3.8, 4) is 0 Å². The summed E-state index contributed by atoms with van der Waals surface area (Å²) >= 11 is 1.49. The molecule has 3 rings (SSSR count). The lowest BCUT2D eigenvalue weighted by molar-refractivity contribution is -0.175. The second-order valence-corrected chi connectivity index (χ2v) is 7.65. The van der Waals surface area contributed by atoms with E-state index in [1.807, 2.05) is 27.7 Å². The molecule has 5 atom stereocenters. The fourth-order valence-electron chi connectivity index (χ4n) is 3.19. The number of carbonyl (C=O) groups excluding carboxylic acids is 1. The average molecular weight is 318 g/mol. The molecule has 0 bridgehead atoms. The molecule has 0 spiro atoms. The van der Waals surface area contributed by atoms with E-state index < -0.39 is 22.9 Å². The van der Waals surface area contributed by atoms with Crippen LogP contribution in [0.1, 0.15) is 27.7 Å². The largest absolute Gasteiger partial charge is 0.468 e. The SMILES string of the molecule is COC(=O)[C@@H]1SC[C@H]2OC(C)(C)O[C@H]2[C@@H]2OC(C)(C)O[C@H]21. The zero-order valence-corrected chi connectivity index (χ0v) is 13.8. The first-order valence-corrected chi connectivity index (χ1v) is 8.18. The van der Waals surface area contributed by atoms with Crippen molar-refractivity contribution in [3.63, 3.8) is 0 Å². The standard InChI is InChI=1S/C14H22O6S/c1-13(2)17-7-6-21-11(12(15)16-5)10-9(8(7)18-13)19-14(3,4)20-10/h7-11H,6H2,1-5H3/t7-,8-,9+,10-,11-/m1/s1. The summed E-state index contributed by atoms with van der Waals surface area (Å²) in [5, 5.41) is -0.428. The third-order valence-corrected chi connectivity index (χ3v) is 5.22. The highest BCUT2D eigenvalue weighted by Gasteiger charge is 2.59. The molecule has 21 heavy (non-hydrogen) atoms. The molecule has 3 aliphatic rings. The van der Waals surface area contributed by atoms with E-state index in [-0.39, 0.29) is 24.3 Å². The van der Waals surface area contributed by atoms with Gasteiger partial charge in [0.25, 0.3) is 0 Å². The molecule has 0 aromatic rings. The van der Waals surface area contributed by atoms with Crippen LogP contribution >= 0.6 is 11.8 Å². The maximum atomic E-state index is 12.1. The molecule has 3 aliphatic heterocycles. The summed E-state index contributed by atoms with van der Waals surface area (Å²) in [6.07, 6.45) is -1.10. The Labute approximate surface area is 128 Å². The van der Waals surface area contributed by atoms with Gasteiger partial charge in [0, 0.05) is 5.75 Å². The number of hydrogen-bond acceptors (Lipinski definition) is 7. The number of ether oxygens (including phenoxy) is 5. The van der Waals surface area contributed by atoms with Crippen LogP contribution in [-0.4, -0.2) is 60.1 Å². The number of hydrogen-bond donors (Lipinski definition) is 0. The lowest BCUT2D eigenvalue weighted by atomic mass is 10.0. The summed E-state index contributed by atoms with van der Waals surface area (Å²) in [5.41, 5.74) is 0. The Kier molecular flexibility index (Phi) is 3.77. The highest BCUT2D eigenvalue weighted by molar-refractivity contribution is 8.00. The maximum absolute atomic E-state index is 12.1. The van der Waals surface area contributed by atoms with Gasteiger partial charge in [-0.25, -0.2) is 0 Å². The van der Waals surface area contributed by atoms with E-state index >= 15 is 0 Å². The third-order valence-electron chi connectivity index (χ3n) is 3.88. The molecule has 6 nitrogen and oxygen atoms in total. The van der Waals surface area contributed by atoms with Gasteiger partial charge in [-0.3, -0.25) is 4.79 Å². The van der Waals surface area contributed by atoms with E-state index in [1.165, 1.54) is 18.9 Å². The lowest BCUT2D eigenvalue weighted by Crippen LogP contribution is -2.45. The van der Waals surface area contributed by atoms with Crippen LogP contribution in [0.15, 0.2) is 0 Å². The highest BCUT2D eigenvalue weighted by atomic mass is 32.2. The van der Waals surface area contributed by atoms with Crippen LogP contribution in [0, 0.1) is 0 Å². The predicted molar refractivity (Wildman–Crippen MR) is 75.9 cm³/mol. The number of methoxy groups -OCH3 is 1. The average Bonchev–Trinajstić information content (AvgIpc) is 2.82. The lowest BCUT2D eigenvalue weighted by Gasteiger charge is -2.25. The molecule has 0 aromatic heterocycles. The first-order chi connectivity index (χ1) is 9.72. The Morgan fingerprint density at radius 1 is 1.00 bits per heavy atom. The molecule has 0 aromatic carbocycles. The molecular weight excluding hydrogens is 296 g/mol. The smallest absolute Gasteiger partial charge is 0.321 e. The van der Waals surface area contributed by atoms with Gasteiger partial charge in [-0.05, 0) is 27.7 Å². The molecule has 0 radical (unpaired) electrons. The second kappa shape index (κ2) is 5.09. The Morgan fingerprint density at radius 3 is 2.24 bits per heavy atom. The summed E-state index contributed by atoms with van der Waals surface area (Å²) in [4.78, 5) is 12.1. The molecule has 3 fully saturated rings.